The molecule has 0 amide bonds. The van der Waals surface area contributed by atoms with E-state index in [1.54, 1.807) is 6.92 Å². The summed E-state index contributed by atoms with van der Waals surface area (Å²) in [6, 6.07) is 9.69. The molecule has 0 heterocycles. The van der Waals surface area contributed by atoms with Crippen molar-refractivity contribution in [1.82, 2.24) is 0 Å². The van der Waals surface area contributed by atoms with E-state index in [0.29, 0.717) is 11.3 Å². The van der Waals surface area contributed by atoms with Crippen LogP contribution in [0.3, 0.4) is 0 Å². The zero-order valence-electron chi connectivity index (χ0n) is 10.5. The second kappa shape index (κ2) is 5.36. The second-order valence-electron chi connectivity index (χ2n) is 4.07. The molecule has 5 nitrogen and oxygen atoms in total. The van der Waals surface area contributed by atoms with Crippen molar-refractivity contribution < 1.29 is 14.1 Å². The van der Waals surface area contributed by atoms with E-state index >= 15 is 0 Å². The number of aryl methyl sites for hydroxylation is 1. The molecule has 0 bridgehead atoms. The first-order chi connectivity index (χ1) is 9.51. The number of ether oxygens (including phenoxy) is 1. The van der Waals surface area contributed by atoms with Gasteiger partial charge in [0.05, 0.1) is 16.6 Å². The molecule has 2 aromatic carbocycles. The van der Waals surface area contributed by atoms with Crippen molar-refractivity contribution in [2.75, 3.05) is 0 Å². The van der Waals surface area contributed by atoms with Crippen molar-refractivity contribution in [2.24, 2.45) is 0 Å². The van der Waals surface area contributed by atoms with Crippen LogP contribution in [0.5, 0.6) is 11.5 Å². The van der Waals surface area contributed by atoms with Crippen LogP contribution < -0.4 is 4.74 Å². The number of non-ortho nitro benzene ring substituents is 1. The summed E-state index contributed by atoms with van der Waals surface area (Å²) in [4.78, 5) is 10.1. The number of nitriles is 1. The van der Waals surface area contributed by atoms with Crippen LogP contribution in [0, 0.1) is 34.2 Å². The second-order valence-corrected chi connectivity index (χ2v) is 4.07. The smallest absolute Gasteiger partial charge is 0.269 e. The van der Waals surface area contributed by atoms with Gasteiger partial charge in [-0.1, -0.05) is 0 Å². The predicted molar refractivity (Wildman–Crippen MR) is 69.0 cm³/mol. The van der Waals surface area contributed by atoms with Gasteiger partial charge in [0.2, 0.25) is 0 Å². The number of halogens is 1. The summed E-state index contributed by atoms with van der Waals surface area (Å²) in [5.41, 5.74) is 0.647. The van der Waals surface area contributed by atoms with Crippen molar-refractivity contribution in [3.05, 3.63) is 63.5 Å². The molecule has 2 aromatic rings. The summed E-state index contributed by atoms with van der Waals surface area (Å²) in [6.07, 6.45) is 0. The Morgan fingerprint density at radius 3 is 2.50 bits per heavy atom. The Balaban J connectivity index is 2.31. The molecule has 100 valence electrons. The largest absolute Gasteiger partial charge is 0.454 e. The summed E-state index contributed by atoms with van der Waals surface area (Å²) in [5.74, 6) is -0.387. The SMILES string of the molecule is Cc1cc([N+](=O)[O-])ccc1Oc1ccc(C#N)cc1F. The number of nitrogens with zero attached hydrogens (tertiary/aromatic N) is 2. The summed E-state index contributed by atoms with van der Waals surface area (Å²) in [5, 5.41) is 19.3. The monoisotopic (exact) mass is 272 g/mol. The molecule has 0 unspecified atom stereocenters. The Hall–Kier alpha value is -2.94. The molecule has 0 aliphatic carbocycles. The summed E-state index contributed by atoms with van der Waals surface area (Å²) in [7, 11) is 0. The van der Waals surface area contributed by atoms with Gasteiger partial charge in [0.25, 0.3) is 5.69 Å². The van der Waals surface area contributed by atoms with Gasteiger partial charge in [0, 0.05) is 12.1 Å². The lowest BCUT2D eigenvalue weighted by Gasteiger charge is -2.09. The van der Waals surface area contributed by atoms with Gasteiger partial charge in [0.1, 0.15) is 5.75 Å². The minimum Gasteiger partial charge on any atom is -0.454 e. The predicted octanol–water partition coefficient (Wildman–Crippen LogP) is 3.71. The highest BCUT2D eigenvalue weighted by atomic mass is 19.1. The van der Waals surface area contributed by atoms with E-state index in [1.165, 1.54) is 30.3 Å². The van der Waals surface area contributed by atoms with Crippen molar-refractivity contribution >= 4 is 5.69 Å². The fourth-order valence-electron chi connectivity index (χ4n) is 1.63. The highest BCUT2D eigenvalue weighted by Crippen LogP contribution is 2.29. The number of rotatable bonds is 3. The highest BCUT2D eigenvalue weighted by Gasteiger charge is 2.11. The van der Waals surface area contributed by atoms with Crippen LogP contribution in [0.4, 0.5) is 10.1 Å². The first kappa shape index (κ1) is 13.5. The molecule has 0 fully saturated rings. The molecule has 0 spiro atoms. The van der Waals surface area contributed by atoms with E-state index in [2.05, 4.69) is 0 Å². The normalized spacial score (nSPS) is 9.85. The van der Waals surface area contributed by atoms with Crippen LogP contribution in [0.2, 0.25) is 0 Å². The zero-order chi connectivity index (χ0) is 14.7. The minimum absolute atomic E-state index is 0.0408. The highest BCUT2D eigenvalue weighted by molar-refractivity contribution is 5.46. The number of nitro groups is 1. The average molecular weight is 272 g/mol. The standard InChI is InChI=1S/C14H9FN2O3/c1-9-6-11(17(18)19)3-5-13(9)20-14-4-2-10(8-16)7-12(14)15/h2-7H,1H3. The lowest BCUT2D eigenvalue weighted by atomic mass is 10.2. The Labute approximate surface area is 114 Å². The summed E-state index contributed by atoms with van der Waals surface area (Å²) >= 11 is 0. The molecule has 0 aliphatic heterocycles. The van der Waals surface area contributed by atoms with Crippen molar-refractivity contribution in [3.63, 3.8) is 0 Å². The molecule has 0 aromatic heterocycles. The van der Waals surface area contributed by atoms with Crippen molar-refractivity contribution in [1.29, 1.82) is 5.26 Å². The lowest BCUT2D eigenvalue weighted by Crippen LogP contribution is -1.93. The van der Waals surface area contributed by atoms with Crippen LogP contribution in [-0.2, 0) is 0 Å². The van der Waals surface area contributed by atoms with Crippen LogP contribution in [-0.4, -0.2) is 4.92 Å². The molecule has 6 heteroatoms. The first-order valence-corrected chi connectivity index (χ1v) is 5.64. The van der Waals surface area contributed by atoms with Gasteiger partial charge in [-0.25, -0.2) is 4.39 Å². The number of hydrogen-bond donors (Lipinski definition) is 0. The molecule has 0 N–H and O–H groups in total. The molecular formula is C14H9FN2O3. The molecule has 0 saturated heterocycles. The van der Waals surface area contributed by atoms with Crippen molar-refractivity contribution in [3.8, 4) is 17.6 Å². The maximum absolute atomic E-state index is 13.7. The number of hydrogen-bond acceptors (Lipinski definition) is 4. The molecule has 0 saturated carbocycles. The van der Waals surface area contributed by atoms with Gasteiger partial charge < -0.3 is 4.74 Å². The fraction of sp³-hybridized carbons (Fsp3) is 0.0714. The maximum Gasteiger partial charge on any atom is 0.269 e. The van der Waals surface area contributed by atoms with E-state index in [-0.39, 0.29) is 17.0 Å². The van der Waals surface area contributed by atoms with Gasteiger partial charge in [0.15, 0.2) is 11.6 Å². The van der Waals surface area contributed by atoms with Gasteiger partial charge in [-0.2, -0.15) is 5.26 Å². The van der Waals surface area contributed by atoms with Gasteiger partial charge in [-0.05, 0) is 36.8 Å². The third-order valence-electron chi connectivity index (χ3n) is 2.65. The van der Waals surface area contributed by atoms with Crippen molar-refractivity contribution in [2.45, 2.75) is 6.92 Å². The van der Waals surface area contributed by atoms with Crippen LogP contribution in [0.15, 0.2) is 36.4 Å². The Kier molecular flexibility index (Phi) is 3.62. The average Bonchev–Trinajstić information content (AvgIpc) is 2.42. The topological polar surface area (TPSA) is 76.2 Å². The maximum atomic E-state index is 13.7. The molecule has 0 radical (unpaired) electrons. The van der Waals surface area contributed by atoms with E-state index in [9.17, 15) is 14.5 Å². The van der Waals surface area contributed by atoms with Crippen LogP contribution in [0.25, 0.3) is 0 Å². The van der Waals surface area contributed by atoms with E-state index < -0.39 is 10.7 Å². The van der Waals surface area contributed by atoms with Crippen LogP contribution in [0.1, 0.15) is 11.1 Å². The molecular weight excluding hydrogens is 263 g/mol. The third-order valence-corrected chi connectivity index (χ3v) is 2.65. The number of benzene rings is 2. The fourth-order valence-corrected chi connectivity index (χ4v) is 1.63. The quantitative estimate of drug-likeness (QED) is 0.630. The molecule has 2 rings (SSSR count). The first-order valence-electron chi connectivity index (χ1n) is 5.64. The zero-order valence-corrected chi connectivity index (χ0v) is 10.5. The van der Waals surface area contributed by atoms with E-state index in [4.69, 9.17) is 10.00 Å². The van der Waals surface area contributed by atoms with Crippen LogP contribution >= 0.6 is 0 Å². The van der Waals surface area contributed by atoms with E-state index in [0.717, 1.165) is 6.07 Å². The molecule has 0 aliphatic rings. The van der Waals surface area contributed by atoms with Gasteiger partial charge in [-0.3, -0.25) is 10.1 Å². The molecule has 20 heavy (non-hydrogen) atoms. The molecule has 0 atom stereocenters. The Bertz CT molecular complexity index is 723. The third kappa shape index (κ3) is 2.72. The van der Waals surface area contributed by atoms with Gasteiger partial charge >= 0.3 is 0 Å². The van der Waals surface area contributed by atoms with E-state index in [1.807, 2.05) is 6.07 Å². The number of nitro benzene ring substituents is 1. The Morgan fingerprint density at radius 1 is 1.25 bits per heavy atom. The summed E-state index contributed by atoms with van der Waals surface area (Å²) in [6.45, 7) is 1.63. The minimum atomic E-state index is -0.665. The van der Waals surface area contributed by atoms with Gasteiger partial charge in [-0.15, -0.1) is 0 Å². The Morgan fingerprint density at radius 2 is 1.95 bits per heavy atom. The lowest BCUT2D eigenvalue weighted by molar-refractivity contribution is -0.384. The summed E-state index contributed by atoms with van der Waals surface area (Å²) < 4.78 is 19.0.